The van der Waals surface area contributed by atoms with Crippen molar-refractivity contribution in [2.45, 2.75) is 12.2 Å². The number of amides is 1. The molecule has 0 aliphatic heterocycles. The lowest BCUT2D eigenvalue weighted by Gasteiger charge is -2.14. The van der Waals surface area contributed by atoms with Crippen LogP contribution >= 0.6 is 11.8 Å². The monoisotopic (exact) mass is 239 g/mol. The summed E-state index contributed by atoms with van der Waals surface area (Å²) in [7, 11) is 0. The Morgan fingerprint density at radius 2 is 2.25 bits per heavy atom. The SMILES string of the molecule is CSC(C)CNc1cccc(C(N)=O)c1N. The average Bonchev–Trinajstić information content (AvgIpc) is 2.26. The number of nitrogens with two attached hydrogens (primary N) is 2. The molecule has 1 rings (SSSR count). The maximum Gasteiger partial charge on any atom is 0.250 e. The van der Waals surface area contributed by atoms with Crippen LogP contribution in [-0.4, -0.2) is 24.0 Å². The van der Waals surface area contributed by atoms with E-state index in [0.29, 0.717) is 16.5 Å². The van der Waals surface area contributed by atoms with Crippen LogP contribution in [0.4, 0.5) is 11.4 Å². The first-order valence-corrected chi connectivity index (χ1v) is 6.30. The Labute approximate surface area is 99.8 Å². The van der Waals surface area contributed by atoms with E-state index in [1.807, 2.05) is 6.07 Å². The van der Waals surface area contributed by atoms with Gasteiger partial charge < -0.3 is 16.8 Å². The van der Waals surface area contributed by atoms with Gasteiger partial charge in [-0.15, -0.1) is 0 Å². The predicted octanol–water partition coefficient (Wildman–Crippen LogP) is 1.53. The number of thioether (sulfide) groups is 1. The highest BCUT2D eigenvalue weighted by Crippen LogP contribution is 2.22. The third-order valence-corrected chi connectivity index (χ3v) is 3.33. The molecule has 0 aliphatic carbocycles. The van der Waals surface area contributed by atoms with E-state index >= 15 is 0 Å². The lowest BCUT2D eigenvalue weighted by atomic mass is 10.1. The van der Waals surface area contributed by atoms with E-state index in [1.165, 1.54) is 0 Å². The maximum atomic E-state index is 11.1. The van der Waals surface area contributed by atoms with Crippen molar-refractivity contribution in [1.29, 1.82) is 0 Å². The summed E-state index contributed by atoms with van der Waals surface area (Å²) in [6.07, 6.45) is 2.05. The number of anilines is 2. The molecule has 0 radical (unpaired) electrons. The quantitative estimate of drug-likeness (QED) is 0.681. The van der Waals surface area contributed by atoms with Gasteiger partial charge in [0.15, 0.2) is 0 Å². The summed E-state index contributed by atoms with van der Waals surface area (Å²) in [6, 6.07) is 5.23. The van der Waals surface area contributed by atoms with Gasteiger partial charge in [-0.1, -0.05) is 13.0 Å². The lowest BCUT2D eigenvalue weighted by Crippen LogP contribution is -2.17. The van der Waals surface area contributed by atoms with Gasteiger partial charge in [-0.2, -0.15) is 11.8 Å². The number of hydrogen-bond acceptors (Lipinski definition) is 4. The summed E-state index contributed by atoms with van der Waals surface area (Å²) in [6.45, 7) is 2.92. The minimum absolute atomic E-state index is 0.363. The van der Waals surface area contributed by atoms with Crippen LogP contribution in [0, 0.1) is 0 Å². The second-order valence-corrected chi connectivity index (χ2v) is 4.83. The molecule has 1 aromatic rings. The zero-order chi connectivity index (χ0) is 12.1. The van der Waals surface area contributed by atoms with Gasteiger partial charge >= 0.3 is 0 Å². The number of benzene rings is 1. The van der Waals surface area contributed by atoms with Crippen molar-refractivity contribution in [3.05, 3.63) is 23.8 Å². The van der Waals surface area contributed by atoms with E-state index in [-0.39, 0.29) is 0 Å². The van der Waals surface area contributed by atoms with Crippen molar-refractivity contribution in [3.63, 3.8) is 0 Å². The summed E-state index contributed by atoms with van der Waals surface area (Å²) in [4.78, 5) is 11.1. The van der Waals surface area contributed by atoms with Gasteiger partial charge in [0.25, 0.3) is 5.91 Å². The number of primary amides is 1. The van der Waals surface area contributed by atoms with Gasteiger partial charge in [0, 0.05) is 11.8 Å². The fraction of sp³-hybridized carbons (Fsp3) is 0.364. The van der Waals surface area contributed by atoms with E-state index in [4.69, 9.17) is 11.5 Å². The van der Waals surface area contributed by atoms with Crippen LogP contribution in [0.25, 0.3) is 0 Å². The van der Waals surface area contributed by atoms with Crippen molar-refractivity contribution in [1.82, 2.24) is 0 Å². The summed E-state index contributed by atoms with van der Waals surface area (Å²) in [5, 5.41) is 3.69. The van der Waals surface area contributed by atoms with Gasteiger partial charge in [-0.25, -0.2) is 0 Å². The van der Waals surface area contributed by atoms with Crippen LogP contribution < -0.4 is 16.8 Å². The van der Waals surface area contributed by atoms with Crippen LogP contribution in [-0.2, 0) is 0 Å². The predicted molar refractivity (Wildman–Crippen MR) is 70.8 cm³/mol. The summed E-state index contributed by atoms with van der Waals surface area (Å²) in [5.74, 6) is -0.501. The van der Waals surface area contributed by atoms with E-state index in [9.17, 15) is 4.79 Å². The Hall–Kier alpha value is -1.36. The molecule has 88 valence electrons. The highest BCUT2D eigenvalue weighted by molar-refractivity contribution is 7.99. The second kappa shape index (κ2) is 5.65. The Morgan fingerprint density at radius 1 is 1.56 bits per heavy atom. The van der Waals surface area contributed by atoms with Gasteiger partial charge in [-0.05, 0) is 18.4 Å². The first-order valence-electron chi connectivity index (χ1n) is 5.01. The maximum absolute atomic E-state index is 11.1. The largest absolute Gasteiger partial charge is 0.396 e. The molecule has 0 aliphatic rings. The van der Waals surface area contributed by atoms with Crippen molar-refractivity contribution >= 4 is 29.0 Å². The third-order valence-electron chi connectivity index (χ3n) is 2.35. The second-order valence-electron chi connectivity index (χ2n) is 3.56. The molecule has 0 bridgehead atoms. The molecule has 0 spiro atoms. The minimum atomic E-state index is -0.501. The van der Waals surface area contributed by atoms with Crippen LogP contribution in [0.3, 0.4) is 0 Å². The molecule has 1 atom stereocenters. The smallest absolute Gasteiger partial charge is 0.250 e. The summed E-state index contributed by atoms with van der Waals surface area (Å²) < 4.78 is 0. The fourth-order valence-electron chi connectivity index (χ4n) is 1.27. The van der Waals surface area contributed by atoms with E-state index < -0.39 is 5.91 Å². The first-order chi connectivity index (χ1) is 7.56. The van der Waals surface area contributed by atoms with Crippen LogP contribution in [0.2, 0.25) is 0 Å². The standard InChI is InChI=1S/C11H17N3OS/c1-7(16-2)6-14-9-5-3-4-8(10(9)12)11(13)15/h3-5,7,14H,6,12H2,1-2H3,(H2,13,15). The molecule has 1 unspecified atom stereocenters. The Morgan fingerprint density at radius 3 is 2.81 bits per heavy atom. The molecule has 0 saturated heterocycles. The summed E-state index contributed by atoms with van der Waals surface area (Å²) >= 11 is 1.77. The number of para-hydroxylation sites is 1. The van der Waals surface area contributed by atoms with Gasteiger partial charge in [0.2, 0.25) is 0 Å². The third kappa shape index (κ3) is 3.06. The van der Waals surface area contributed by atoms with E-state index in [1.54, 1.807) is 23.9 Å². The highest BCUT2D eigenvalue weighted by Gasteiger charge is 2.09. The number of nitrogen functional groups attached to an aromatic ring is 1. The number of rotatable bonds is 5. The van der Waals surface area contributed by atoms with E-state index in [2.05, 4.69) is 18.5 Å². The minimum Gasteiger partial charge on any atom is -0.396 e. The highest BCUT2D eigenvalue weighted by atomic mass is 32.2. The topological polar surface area (TPSA) is 81.1 Å². The van der Waals surface area contributed by atoms with Crippen LogP contribution in [0.1, 0.15) is 17.3 Å². The Kier molecular flexibility index (Phi) is 4.49. The van der Waals surface area contributed by atoms with Crippen LogP contribution in [0.5, 0.6) is 0 Å². The zero-order valence-electron chi connectivity index (χ0n) is 9.49. The number of carbonyl (C=O) groups is 1. The van der Waals surface area contributed by atoms with Crippen molar-refractivity contribution in [2.75, 3.05) is 23.9 Å². The molecule has 5 heteroatoms. The van der Waals surface area contributed by atoms with Gasteiger partial charge in [0.05, 0.1) is 16.9 Å². The zero-order valence-corrected chi connectivity index (χ0v) is 10.3. The molecular formula is C11H17N3OS. The molecule has 0 saturated carbocycles. The molecule has 4 nitrogen and oxygen atoms in total. The molecule has 0 heterocycles. The molecule has 5 N–H and O–H groups in total. The lowest BCUT2D eigenvalue weighted by molar-refractivity contribution is 0.100. The van der Waals surface area contributed by atoms with E-state index in [0.717, 1.165) is 12.2 Å². The number of nitrogens with one attached hydrogen (secondary N) is 1. The average molecular weight is 239 g/mol. The van der Waals surface area contributed by atoms with Gasteiger partial charge in [0.1, 0.15) is 0 Å². The van der Waals surface area contributed by atoms with Crippen molar-refractivity contribution in [3.8, 4) is 0 Å². The van der Waals surface area contributed by atoms with Crippen molar-refractivity contribution in [2.24, 2.45) is 5.73 Å². The van der Waals surface area contributed by atoms with Crippen LogP contribution in [0.15, 0.2) is 18.2 Å². The Bertz CT molecular complexity index is 381. The molecule has 1 amide bonds. The van der Waals surface area contributed by atoms with Crippen molar-refractivity contribution < 1.29 is 4.79 Å². The molecule has 0 aromatic heterocycles. The van der Waals surface area contributed by atoms with Gasteiger partial charge in [-0.3, -0.25) is 4.79 Å². The first kappa shape index (κ1) is 12.7. The molecule has 1 aromatic carbocycles. The summed E-state index contributed by atoms with van der Waals surface area (Å²) in [5.41, 5.74) is 12.6. The fourth-order valence-corrected chi connectivity index (χ4v) is 1.52. The molecule has 16 heavy (non-hydrogen) atoms. The number of carbonyl (C=O) groups excluding carboxylic acids is 1. The normalized spacial score (nSPS) is 12.1. The molecular weight excluding hydrogens is 222 g/mol. The Balaban J connectivity index is 2.81. The number of hydrogen-bond donors (Lipinski definition) is 3. The molecule has 0 fully saturated rings.